The van der Waals surface area contributed by atoms with Crippen molar-refractivity contribution in [2.24, 2.45) is 11.8 Å². The van der Waals surface area contributed by atoms with Crippen LogP contribution >= 0.6 is 0 Å². The van der Waals surface area contributed by atoms with Crippen molar-refractivity contribution < 1.29 is 4.79 Å². The van der Waals surface area contributed by atoms with Crippen molar-refractivity contribution in [3.05, 3.63) is 29.8 Å². The summed E-state index contributed by atoms with van der Waals surface area (Å²) >= 11 is 0. The van der Waals surface area contributed by atoms with Crippen molar-refractivity contribution in [2.45, 2.75) is 25.7 Å². The molecule has 0 spiro atoms. The quantitative estimate of drug-likeness (QED) is 0.826. The van der Waals surface area contributed by atoms with Crippen molar-refractivity contribution >= 4 is 11.6 Å². The van der Waals surface area contributed by atoms with Crippen LogP contribution in [0, 0.1) is 11.8 Å². The Labute approximate surface area is 121 Å². The van der Waals surface area contributed by atoms with E-state index in [1.54, 1.807) is 0 Å². The predicted molar refractivity (Wildman–Crippen MR) is 82.1 cm³/mol. The van der Waals surface area contributed by atoms with Crippen molar-refractivity contribution in [3.8, 4) is 0 Å². The lowest BCUT2D eigenvalue weighted by Gasteiger charge is -2.22. The Balaban J connectivity index is 1.69. The van der Waals surface area contributed by atoms with E-state index in [0.717, 1.165) is 36.2 Å². The van der Waals surface area contributed by atoms with E-state index in [1.807, 2.05) is 38.4 Å². The number of benzene rings is 1. The smallest absolute Gasteiger partial charge is 0.253 e. The predicted octanol–water partition coefficient (Wildman–Crippen LogP) is 3.01. The lowest BCUT2D eigenvalue weighted by Crippen LogP contribution is -2.29. The Kier molecular flexibility index (Phi) is 3.68. The van der Waals surface area contributed by atoms with Crippen LogP contribution in [0.2, 0.25) is 0 Å². The first-order chi connectivity index (χ1) is 9.65. The molecule has 0 bridgehead atoms. The highest BCUT2D eigenvalue weighted by molar-refractivity contribution is 5.94. The molecule has 1 amide bonds. The average Bonchev–Trinajstić information content (AvgIpc) is 2.90. The molecule has 1 heterocycles. The van der Waals surface area contributed by atoms with Gasteiger partial charge < -0.3 is 9.80 Å². The van der Waals surface area contributed by atoms with Crippen LogP contribution in [0.1, 0.15) is 36.0 Å². The number of nitrogens with zero attached hydrogens (tertiary/aromatic N) is 2. The monoisotopic (exact) mass is 272 g/mol. The van der Waals surface area contributed by atoms with Crippen molar-refractivity contribution in [3.63, 3.8) is 0 Å². The molecule has 3 rings (SSSR count). The molecule has 0 N–H and O–H groups in total. The van der Waals surface area contributed by atoms with Gasteiger partial charge in [0.2, 0.25) is 0 Å². The summed E-state index contributed by atoms with van der Waals surface area (Å²) < 4.78 is 0. The zero-order valence-corrected chi connectivity index (χ0v) is 12.5. The first-order valence-electron chi connectivity index (χ1n) is 7.72. The molecule has 1 aromatic rings. The number of likely N-dealkylation sites (tertiary alicyclic amines) is 1. The second kappa shape index (κ2) is 5.47. The van der Waals surface area contributed by atoms with Gasteiger partial charge in [-0.05, 0) is 48.9 Å². The van der Waals surface area contributed by atoms with E-state index in [0.29, 0.717) is 0 Å². The highest BCUT2D eigenvalue weighted by Gasteiger charge is 2.36. The van der Waals surface area contributed by atoms with Gasteiger partial charge in [0, 0.05) is 38.4 Å². The number of hydrogen-bond donors (Lipinski definition) is 0. The van der Waals surface area contributed by atoms with Crippen LogP contribution < -0.4 is 4.90 Å². The summed E-state index contributed by atoms with van der Waals surface area (Å²) in [5.74, 6) is 1.73. The highest BCUT2D eigenvalue weighted by Crippen LogP contribution is 2.36. The van der Waals surface area contributed by atoms with Crippen LogP contribution in [-0.2, 0) is 0 Å². The first kappa shape index (κ1) is 13.5. The molecule has 1 saturated heterocycles. The van der Waals surface area contributed by atoms with Gasteiger partial charge in [0.15, 0.2) is 0 Å². The normalized spacial score (nSPS) is 25.4. The number of amides is 1. The van der Waals surface area contributed by atoms with Gasteiger partial charge in [-0.25, -0.2) is 0 Å². The number of carbonyl (C=O) groups is 1. The molecular formula is C17H24N2O. The van der Waals surface area contributed by atoms with Gasteiger partial charge >= 0.3 is 0 Å². The molecule has 2 unspecified atom stereocenters. The van der Waals surface area contributed by atoms with Crippen molar-refractivity contribution in [1.29, 1.82) is 0 Å². The van der Waals surface area contributed by atoms with Gasteiger partial charge in [0.25, 0.3) is 5.91 Å². The fourth-order valence-electron chi connectivity index (χ4n) is 3.66. The third-order valence-corrected chi connectivity index (χ3v) is 4.89. The molecule has 2 fully saturated rings. The third-order valence-electron chi connectivity index (χ3n) is 4.89. The Morgan fingerprint density at radius 2 is 1.60 bits per heavy atom. The number of rotatable bonds is 2. The van der Waals surface area contributed by atoms with Crippen LogP contribution in [0.15, 0.2) is 24.3 Å². The molecule has 108 valence electrons. The molecule has 0 radical (unpaired) electrons. The van der Waals surface area contributed by atoms with Crippen LogP contribution in [0.4, 0.5) is 5.69 Å². The van der Waals surface area contributed by atoms with Crippen LogP contribution in [0.3, 0.4) is 0 Å². The SMILES string of the molecule is CN(C)c1ccc(C(=O)N2CC3CCCCC3C2)cc1. The zero-order chi connectivity index (χ0) is 14.1. The number of anilines is 1. The first-order valence-corrected chi connectivity index (χ1v) is 7.72. The van der Waals surface area contributed by atoms with Crippen molar-refractivity contribution in [1.82, 2.24) is 4.90 Å². The molecule has 1 aliphatic heterocycles. The molecule has 1 saturated carbocycles. The fourth-order valence-corrected chi connectivity index (χ4v) is 3.66. The maximum atomic E-state index is 12.6. The molecule has 3 heteroatoms. The largest absolute Gasteiger partial charge is 0.378 e. The Morgan fingerprint density at radius 3 is 2.10 bits per heavy atom. The summed E-state index contributed by atoms with van der Waals surface area (Å²) in [5, 5.41) is 0. The second-order valence-corrected chi connectivity index (χ2v) is 6.46. The maximum Gasteiger partial charge on any atom is 0.253 e. The van der Waals surface area contributed by atoms with E-state index in [2.05, 4.69) is 9.80 Å². The third kappa shape index (κ3) is 2.54. The summed E-state index contributed by atoms with van der Waals surface area (Å²) in [6.45, 7) is 1.94. The Morgan fingerprint density at radius 1 is 1.05 bits per heavy atom. The fraction of sp³-hybridized carbons (Fsp3) is 0.588. The van der Waals surface area contributed by atoms with Crippen LogP contribution in [-0.4, -0.2) is 38.0 Å². The molecule has 2 atom stereocenters. The van der Waals surface area contributed by atoms with Gasteiger partial charge in [-0.2, -0.15) is 0 Å². The minimum Gasteiger partial charge on any atom is -0.378 e. The van der Waals surface area contributed by atoms with Gasteiger partial charge in [0.05, 0.1) is 0 Å². The van der Waals surface area contributed by atoms with Crippen LogP contribution in [0.25, 0.3) is 0 Å². The Bertz CT molecular complexity index is 466. The molecule has 1 aromatic carbocycles. The molecule has 0 aromatic heterocycles. The summed E-state index contributed by atoms with van der Waals surface area (Å²) in [4.78, 5) is 16.7. The van der Waals surface area contributed by atoms with E-state index in [4.69, 9.17) is 0 Å². The summed E-state index contributed by atoms with van der Waals surface area (Å²) in [6, 6.07) is 7.96. The van der Waals surface area contributed by atoms with Gasteiger partial charge in [-0.3, -0.25) is 4.79 Å². The molecule has 20 heavy (non-hydrogen) atoms. The molecular weight excluding hydrogens is 248 g/mol. The number of hydrogen-bond acceptors (Lipinski definition) is 2. The standard InChI is InChI=1S/C17H24N2O/c1-18(2)16-9-7-13(8-10-16)17(20)19-11-14-5-3-4-6-15(14)12-19/h7-10,14-15H,3-6,11-12H2,1-2H3. The van der Waals surface area contributed by atoms with E-state index >= 15 is 0 Å². The van der Waals surface area contributed by atoms with E-state index in [1.165, 1.54) is 25.7 Å². The van der Waals surface area contributed by atoms with E-state index in [9.17, 15) is 4.79 Å². The molecule has 2 aliphatic rings. The number of carbonyl (C=O) groups excluding carboxylic acids is 1. The van der Waals surface area contributed by atoms with E-state index < -0.39 is 0 Å². The lowest BCUT2D eigenvalue weighted by atomic mass is 9.82. The van der Waals surface area contributed by atoms with Gasteiger partial charge in [0.1, 0.15) is 0 Å². The lowest BCUT2D eigenvalue weighted by molar-refractivity contribution is 0.0784. The highest BCUT2D eigenvalue weighted by atomic mass is 16.2. The van der Waals surface area contributed by atoms with Crippen LogP contribution in [0.5, 0.6) is 0 Å². The molecule has 1 aliphatic carbocycles. The molecule has 3 nitrogen and oxygen atoms in total. The minimum absolute atomic E-state index is 0.213. The van der Waals surface area contributed by atoms with Gasteiger partial charge in [-0.1, -0.05) is 12.8 Å². The Hall–Kier alpha value is -1.51. The van der Waals surface area contributed by atoms with Crippen molar-refractivity contribution in [2.75, 3.05) is 32.1 Å². The topological polar surface area (TPSA) is 23.6 Å². The summed E-state index contributed by atoms with van der Waals surface area (Å²) in [5.41, 5.74) is 1.96. The second-order valence-electron chi connectivity index (χ2n) is 6.46. The zero-order valence-electron chi connectivity index (χ0n) is 12.5. The van der Waals surface area contributed by atoms with E-state index in [-0.39, 0.29) is 5.91 Å². The summed E-state index contributed by atoms with van der Waals surface area (Å²) in [6.07, 6.45) is 5.32. The van der Waals surface area contributed by atoms with Gasteiger partial charge in [-0.15, -0.1) is 0 Å². The maximum absolute atomic E-state index is 12.6. The minimum atomic E-state index is 0.213. The number of fused-ring (bicyclic) bond motifs is 1. The summed E-state index contributed by atoms with van der Waals surface area (Å²) in [7, 11) is 4.03. The average molecular weight is 272 g/mol.